The van der Waals surface area contributed by atoms with E-state index >= 15 is 0 Å². The molecule has 0 aliphatic rings. The molecule has 0 atom stereocenters. The Morgan fingerprint density at radius 3 is 2.27 bits per heavy atom. The van der Waals surface area contributed by atoms with E-state index in [2.05, 4.69) is 6.92 Å². The van der Waals surface area contributed by atoms with Gasteiger partial charge in [0, 0.05) is 5.02 Å². The molecule has 0 aromatic heterocycles. The Balaban J connectivity index is 0. The summed E-state index contributed by atoms with van der Waals surface area (Å²) >= 11 is 5.40. The first kappa shape index (κ1) is 13.9. The molecule has 1 aromatic carbocycles. The van der Waals surface area contributed by atoms with Crippen LogP contribution in [0.2, 0.25) is 5.02 Å². The Bertz CT molecular complexity index is 228. The normalized spacial score (nSPS) is 7.82. The molecule has 0 radical (unpaired) electrons. The van der Waals surface area contributed by atoms with Crippen LogP contribution in [-0.4, -0.2) is 23.1 Å². The van der Waals surface area contributed by atoms with E-state index in [1.165, 1.54) is 12.1 Å². The average molecular weight is 203 g/mol. The number of rotatable bonds is 0. The minimum atomic E-state index is -0.399. The fourth-order valence-corrected chi connectivity index (χ4v) is 0.743. The zero-order valence-corrected chi connectivity index (χ0v) is 8.71. The van der Waals surface area contributed by atoms with Crippen LogP contribution in [-0.2, 0) is 0 Å². The summed E-state index contributed by atoms with van der Waals surface area (Å²) in [4.78, 5) is 0. The molecule has 11 heavy (non-hydrogen) atoms. The molecule has 1 aromatic rings. The molecular formula is C7H5Cl2FMg. The maximum Gasteiger partial charge on any atom is 2.00 e. The van der Waals surface area contributed by atoms with Crippen molar-refractivity contribution in [3.8, 4) is 0 Å². The van der Waals surface area contributed by atoms with Gasteiger partial charge in [-0.25, -0.2) is 4.39 Å². The molecule has 0 bridgehead atoms. The van der Waals surface area contributed by atoms with Crippen LogP contribution in [0.15, 0.2) is 18.2 Å². The monoisotopic (exact) mass is 202 g/mol. The van der Waals surface area contributed by atoms with Crippen LogP contribution < -0.4 is 12.4 Å². The van der Waals surface area contributed by atoms with Crippen LogP contribution in [0.3, 0.4) is 0 Å². The van der Waals surface area contributed by atoms with Gasteiger partial charge >= 0.3 is 23.1 Å². The van der Waals surface area contributed by atoms with Gasteiger partial charge in [0.15, 0.2) is 0 Å². The molecule has 0 nitrogen and oxygen atoms in total. The summed E-state index contributed by atoms with van der Waals surface area (Å²) < 4.78 is 12.3. The smallest absolute Gasteiger partial charge is 1.00 e. The largest absolute Gasteiger partial charge is 2.00 e. The number of benzene rings is 1. The van der Waals surface area contributed by atoms with Crippen molar-refractivity contribution in [3.05, 3.63) is 41.5 Å². The van der Waals surface area contributed by atoms with Crippen molar-refractivity contribution in [1.82, 2.24) is 0 Å². The Hall–Kier alpha value is 0.366. The molecule has 0 saturated carbocycles. The maximum atomic E-state index is 12.3. The average Bonchev–Trinajstić information content (AvgIpc) is 1.80. The molecule has 0 fully saturated rings. The van der Waals surface area contributed by atoms with Gasteiger partial charge in [-0.1, -0.05) is 17.7 Å². The third-order valence-corrected chi connectivity index (χ3v) is 1.27. The van der Waals surface area contributed by atoms with E-state index in [0.29, 0.717) is 0 Å². The summed E-state index contributed by atoms with van der Waals surface area (Å²) in [6, 6.07) is 4.35. The van der Waals surface area contributed by atoms with Gasteiger partial charge in [0.25, 0.3) is 0 Å². The Morgan fingerprint density at radius 2 is 1.91 bits per heavy atom. The minimum absolute atomic E-state index is 0. The van der Waals surface area contributed by atoms with E-state index in [9.17, 15) is 4.39 Å². The topological polar surface area (TPSA) is 0 Å². The minimum Gasteiger partial charge on any atom is -1.00 e. The summed E-state index contributed by atoms with van der Waals surface area (Å²) in [7, 11) is 0. The molecule has 1 rings (SSSR count). The SMILES string of the molecule is [CH2-]c1ccc(F)c(Cl)c1.[Cl-].[Mg+2]. The standard InChI is InChI=1S/C7H5ClF.ClH.Mg/c1-5-2-3-7(9)6(8)4-5;;/h2-4H,1H2;1H;/q-1;;+2/p-1. The van der Waals surface area contributed by atoms with E-state index in [1.54, 1.807) is 6.07 Å². The van der Waals surface area contributed by atoms with Crippen molar-refractivity contribution in [2.24, 2.45) is 0 Å². The maximum absolute atomic E-state index is 12.3. The van der Waals surface area contributed by atoms with Gasteiger partial charge in [0.2, 0.25) is 0 Å². The van der Waals surface area contributed by atoms with E-state index in [-0.39, 0.29) is 40.5 Å². The molecule has 0 spiro atoms. The third kappa shape index (κ3) is 4.06. The molecule has 0 unspecified atom stereocenters. The van der Waals surface area contributed by atoms with Crippen LogP contribution in [0.5, 0.6) is 0 Å². The Morgan fingerprint density at radius 1 is 1.36 bits per heavy atom. The Labute approximate surface area is 92.7 Å². The summed E-state index contributed by atoms with van der Waals surface area (Å²) in [6.45, 7) is 3.57. The third-order valence-electron chi connectivity index (χ3n) is 0.984. The van der Waals surface area contributed by atoms with Crippen LogP contribution in [0.25, 0.3) is 0 Å². The molecular weight excluding hydrogens is 198 g/mol. The summed E-state index contributed by atoms with van der Waals surface area (Å²) in [6.07, 6.45) is 0. The van der Waals surface area contributed by atoms with E-state index in [4.69, 9.17) is 11.6 Å². The van der Waals surface area contributed by atoms with Gasteiger partial charge in [-0.2, -0.15) is 18.6 Å². The van der Waals surface area contributed by atoms with Gasteiger partial charge in [-0.3, -0.25) is 0 Å². The van der Waals surface area contributed by atoms with Crippen LogP contribution in [0.4, 0.5) is 4.39 Å². The zero-order valence-electron chi connectivity index (χ0n) is 5.78. The molecule has 0 aliphatic carbocycles. The van der Waals surface area contributed by atoms with Crippen molar-refractivity contribution in [2.75, 3.05) is 0 Å². The predicted molar refractivity (Wildman–Crippen MR) is 41.6 cm³/mol. The van der Waals surface area contributed by atoms with Crippen molar-refractivity contribution >= 4 is 34.7 Å². The molecule has 0 saturated heterocycles. The Kier molecular flexibility index (Phi) is 7.53. The molecule has 0 heterocycles. The van der Waals surface area contributed by atoms with Crippen LogP contribution >= 0.6 is 11.6 Å². The zero-order chi connectivity index (χ0) is 6.85. The van der Waals surface area contributed by atoms with Crippen molar-refractivity contribution < 1.29 is 16.8 Å². The van der Waals surface area contributed by atoms with Gasteiger partial charge < -0.3 is 12.4 Å². The van der Waals surface area contributed by atoms with Gasteiger partial charge in [0.1, 0.15) is 5.82 Å². The fraction of sp³-hybridized carbons (Fsp3) is 0. The number of halogens is 3. The van der Waals surface area contributed by atoms with E-state index in [1.807, 2.05) is 0 Å². The number of hydrogen-bond donors (Lipinski definition) is 0. The molecule has 0 aliphatic heterocycles. The first-order valence-electron chi connectivity index (χ1n) is 2.47. The summed E-state index contributed by atoms with van der Waals surface area (Å²) in [5.74, 6) is -0.399. The second-order valence-electron chi connectivity index (χ2n) is 1.75. The van der Waals surface area contributed by atoms with Gasteiger partial charge in [-0.05, 0) is 0 Å². The summed E-state index contributed by atoms with van der Waals surface area (Å²) in [5.41, 5.74) is 0.724. The van der Waals surface area contributed by atoms with Crippen LogP contribution in [0, 0.1) is 12.7 Å². The first-order chi connectivity index (χ1) is 4.20. The first-order valence-corrected chi connectivity index (χ1v) is 2.85. The fourth-order valence-electron chi connectivity index (χ4n) is 0.540. The molecule has 0 N–H and O–H groups in total. The van der Waals surface area contributed by atoms with Crippen molar-refractivity contribution in [3.63, 3.8) is 0 Å². The van der Waals surface area contributed by atoms with Gasteiger partial charge in [0.05, 0.1) is 0 Å². The number of hydrogen-bond acceptors (Lipinski definition) is 0. The molecule has 0 amide bonds. The van der Waals surface area contributed by atoms with E-state index < -0.39 is 5.82 Å². The second kappa shape index (κ2) is 5.95. The van der Waals surface area contributed by atoms with Crippen LogP contribution in [0.1, 0.15) is 5.56 Å². The quantitative estimate of drug-likeness (QED) is 0.386. The summed E-state index contributed by atoms with van der Waals surface area (Å²) in [5, 5.41) is 0.127. The predicted octanol–water partition coefficient (Wildman–Crippen LogP) is -0.716. The second-order valence-corrected chi connectivity index (χ2v) is 2.16. The van der Waals surface area contributed by atoms with Crippen molar-refractivity contribution in [1.29, 1.82) is 0 Å². The van der Waals surface area contributed by atoms with Gasteiger partial charge in [-0.15, -0.1) is 6.07 Å². The van der Waals surface area contributed by atoms with E-state index in [0.717, 1.165) is 5.56 Å². The molecule has 4 heteroatoms. The molecule has 56 valence electrons. The van der Waals surface area contributed by atoms with Crippen molar-refractivity contribution in [2.45, 2.75) is 0 Å².